The summed E-state index contributed by atoms with van der Waals surface area (Å²) in [6, 6.07) is 5.86. The molecule has 1 heterocycles. The molecule has 1 unspecified atom stereocenters. The van der Waals surface area contributed by atoms with Gasteiger partial charge in [0, 0.05) is 18.3 Å². The number of nitrogens with zero attached hydrogens (tertiary/aromatic N) is 1. The number of anilines is 1. The highest BCUT2D eigenvalue weighted by Crippen LogP contribution is 2.30. The third-order valence-electron chi connectivity index (χ3n) is 3.54. The molecule has 0 spiro atoms. The predicted octanol–water partition coefficient (Wildman–Crippen LogP) is 3.55. The van der Waals surface area contributed by atoms with Crippen LogP contribution >= 0.6 is 23.4 Å². The van der Waals surface area contributed by atoms with Crippen molar-refractivity contribution in [2.75, 3.05) is 24.2 Å². The molecule has 1 aliphatic heterocycles. The van der Waals surface area contributed by atoms with Crippen LogP contribution in [0.1, 0.15) is 24.8 Å². The number of aliphatic hydroxyl groups is 1. The predicted molar refractivity (Wildman–Crippen MR) is 80.7 cm³/mol. The second kappa shape index (κ2) is 6.69. The smallest absolute Gasteiger partial charge is 0.0682 e. The Morgan fingerprint density at radius 3 is 2.89 bits per heavy atom. The van der Waals surface area contributed by atoms with Crippen LogP contribution in [0.25, 0.3) is 0 Å². The maximum absolute atomic E-state index is 9.10. The summed E-state index contributed by atoms with van der Waals surface area (Å²) in [5.41, 5.74) is 1.98. The Morgan fingerprint density at radius 1 is 1.39 bits per heavy atom. The zero-order chi connectivity index (χ0) is 13.0. The molecule has 2 nitrogen and oxygen atoms in total. The van der Waals surface area contributed by atoms with Gasteiger partial charge in [-0.15, -0.1) is 0 Å². The third-order valence-corrected chi connectivity index (χ3v) is 4.98. The Balaban J connectivity index is 2.11. The maximum atomic E-state index is 9.10. The summed E-state index contributed by atoms with van der Waals surface area (Å²) in [4.78, 5) is 2.37. The Hall–Kier alpha value is -0.380. The Morgan fingerprint density at radius 2 is 2.22 bits per heavy atom. The topological polar surface area (TPSA) is 23.5 Å². The van der Waals surface area contributed by atoms with E-state index in [0.29, 0.717) is 0 Å². The van der Waals surface area contributed by atoms with Crippen LogP contribution in [0.4, 0.5) is 5.69 Å². The highest BCUT2D eigenvalue weighted by atomic mass is 35.5. The van der Waals surface area contributed by atoms with Gasteiger partial charge in [-0.3, -0.25) is 0 Å². The largest absolute Gasteiger partial charge is 0.392 e. The van der Waals surface area contributed by atoms with E-state index in [1.165, 1.54) is 19.3 Å². The lowest BCUT2D eigenvalue weighted by Crippen LogP contribution is -2.24. The zero-order valence-corrected chi connectivity index (χ0v) is 12.3. The summed E-state index contributed by atoms with van der Waals surface area (Å²) in [5, 5.41) is 10.6. The van der Waals surface area contributed by atoms with Gasteiger partial charge in [-0.1, -0.05) is 17.7 Å². The molecule has 0 aliphatic carbocycles. The van der Waals surface area contributed by atoms with E-state index in [1.807, 2.05) is 30.0 Å². The van der Waals surface area contributed by atoms with Gasteiger partial charge in [-0.2, -0.15) is 11.8 Å². The molecule has 1 aliphatic rings. The molecule has 1 saturated heterocycles. The maximum Gasteiger partial charge on any atom is 0.0682 e. The van der Waals surface area contributed by atoms with E-state index in [2.05, 4.69) is 11.2 Å². The van der Waals surface area contributed by atoms with E-state index in [0.717, 1.165) is 34.6 Å². The van der Waals surface area contributed by atoms with Crippen molar-refractivity contribution >= 4 is 29.1 Å². The van der Waals surface area contributed by atoms with Gasteiger partial charge < -0.3 is 10.0 Å². The quantitative estimate of drug-likeness (QED) is 0.919. The van der Waals surface area contributed by atoms with E-state index < -0.39 is 0 Å². The SMILES string of the molecule is CSC1CCCN(c2ccc(CO)cc2Cl)CC1. The molecule has 1 N–H and O–H groups in total. The van der Waals surface area contributed by atoms with Gasteiger partial charge in [0.2, 0.25) is 0 Å². The van der Waals surface area contributed by atoms with Crippen LogP contribution in [0.5, 0.6) is 0 Å². The fraction of sp³-hybridized carbons (Fsp3) is 0.571. The van der Waals surface area contributed by atoms with Crippen LogP contribution in [0, 0.1) is 0 Å². The second-order valence-corrected chi connectivity index (χ2v) is 6.26. The normalized spacial score (nSPS) is 20.8. The number of hydrogen-bond donors (Lipinski definition) is 1. The summed E-state index contributed by atoms with van der Waals surface area (Å²) in [7, 11) is 0. The van der Waals surface area contributed by atoms with Crippen molar-refractivity contribution in [1.82, 2.24) is 0 Å². The molecule has 0 radical (unpaired) electrons. The van der Waals surface area contributed by atoms with Gasteiger partial charge in [-0.25, -0.2) is 0 Å². The lowest BCUT2D eigenvalue weighted by Gasteiger charge is -2.24. The van der Waals surface area contributed by atoms with Gasteiger partial charge >= 0.3 is 0 Å². The molecule has 0 aromatic heterocycles. The first-order chi connectivity index (χ1) is 8.74. The Labute approximate surface area is 118 Å². The summed E-state index contributed by atoms with van der Waals surface area (Å²) >= 11 is 8.28. The van der Waals surface area contributed by atoms with Crippen molar-refractivity contribution in [3.05, 3.63) is 28.8 Å². The number of halogens is 1. The molecule has 100 valence electrons. The second-order valence-electron chi connectivity index (χ2n) is 4.72. The van der Waals surface area contributed by atoms with Crippen LogP contribution in [-0.2, 0) is 6.61 Å². The van der Waals surface area contributed by atoms with Crippen molar-refractivity contribution in [3.8, 4) is 0 Å². The average Bonchev–Trinajstić information content (AvgIpc) is 2.63. The third kappa shape index (κ3) is 3.34. The lowest BCUT2D eigenvalue weighted by molar-refractivity contribution is 0.282. The summed E-state index contributed by atoms with van der Waals surface area (Å²) in [6.45, 7) is 2.20. The van der Waals surface area contributed by atoms with Gasteiger partial charge in [0.15, 0.2) is 0 Å². The fourth-order valence-corrected chi connectivity index (χ4v) is 3.51. The minimum atomic E-state index is 0.0501. The van der Waals surface area contributed by atoms with Crippen LogP contribution in [0.2, 0.25) is 5.02 Å². The molecule has 18 heavy (non-hydrogen) atoms. The standard InChI is InChI=1S/C14H20ClNOS/c1-18-12-3-2-7-16(8-6-12)14-5-4-11(10-17)9-13(14)15/h4-5,9,12,17H,2-3,6-8,10H2,1H3. The Kier molecular flexibility index (Phi) is 5.22. The van der Waals surface area contributed by atoms with Crippen LogP contribution in [-0.4, -0.2) is 29.7 Å². The number of aliphatic hydroxyl groups excluding tert-OH is 1. The highest BCUT2D eigenvalue weighted by Gasteiger charge is 2.18. The van der Waals surface area contributed by atoms with Crippen molar-refractivity contribution in [2.24, 2.45) is 0 Å². The van der Waals surface area contributed by atoms with Crippen molar-refractivity contribution < 1.29 is 5.11 Å². The zero-order valence-electron chi connectivity index (χ0n) is 10.7. The van der Waals surface area contributed by atoms with Crippen LogP contribution in [0.15, 0.2) is 18.2 Å². The minimum Gasteiger partial charge on any atom is -0.392 e. The summed E-state index contributed by atoms with van der Waals surface area (Å²) in [6.07, 6.45) is 5.94. The van der Waals surface area contributed by atoms with Crippen molar-refractivity contribution in [3.63, 3.8) is 0 Å². The van der Waals surface area contributed by atoms with Crippen molar-refractivity contribution in [2.45, 2.75) is 31.1 Å². The number of hydrogen-bond acceptors (Lipinski definition) is 3. The van der Waals surface area contributed by atoms with E-state index in [4.69, 9.17) is 16.7 Å². The van der Waals surface area contributed by atoms with E-state index in [1.54, 1.807) is 0 Å². The van der Waals surface area contributed by atoms with Gasteiger partial charge in [0.25, 0.3) is 0 Å². The summed E-state index contributed by atoms with van der Waals surface area (Å²) in [5.74, 6) is 0. The first kappa shape index (κ1) is 14.0. The molecule has 4 heteroatoms. The molecule has 0 amide bonds. The molecule has 0 saturated carbocycles. The first-order valence-electron chi connectivity index (χ1n) is 6.41. The number of benzene rings is 1. The molecule has 1 atom stereocenters. The van der Waals surface area contributed by atoms with Crippen LogP contribution in [0.3, 0.4) is 0 Å². The number of thioether (sulfide) groups is 1. The highest BCUT2D eigenvalue weighted by molar-refractivity contribution is 7.99. The summed E-state index contributed by atoms with van der Waals surface area (Å²) < 4.78 is 0. The van der Waals surface area contributed by atoms with Crippen molar-refractivity contribution in [1.29, 1.82) is 0 Å². The number of rotatable bonds is 3. The van der Waals surface area contributed by atoms with Gasteiger partial charge in [-0.05, 0) is 43.2 Å². The first-order valence-corrected chi connectivity index (χ1v) is 8.08. The molecule has 1 fully saturated rings. The van der Waals surface area contributed by atoms with Gasteiger partial charge in [0.1, 0.15) is 0 Å². The molecule has 1 aromatic rings. The van der Waals surface area contributed by atoms with Crippen LogP contribution < -0.4 is 4.90 Å². The van der Waals surface area contributed by atoms with E-state index in [-0.39, 0.29) is 6.61 Å². The average molecular weight is 286 g/mol. The Bertz CT molecular complexity index is 399. The fourth-order valence-electron chi connectivity index (χ4n) is 2.45. The minimum absolute atomic E-state index is 0.0501. The van der Waals surface area contributed by atoms with E-state index >= 15 is 0 Å². The van der Waals surface area contributed by atoms with E-state index in [9.17, 15) is 0 Å². The molecule has 2 rings (SSSR count). The molecular weight excluding hydrogens is 266 g/mol. The molecule has 1 aromatic carbocycles. The van der Waals surface area contributed by atoms with Gasteiger partial charge in [0.05, 0.1) is 17.3 Å². The lowest BCUT2D eigenvalue weighted by atomic mass is 10.2. The molecular formula is C14H20ClNOS. The monoisotopic (exact) mass is 285 g/mol. The molecule has 0 bridgehead atoms.